The predicted molar refractivity (Wildman–Crippen MR) is 313 cm³/mol. The van der Waals surface area contributed by atoms with Crippen molar-refractivity contribution in [3.8, 4) is 66.8 Å². The summed E-state index contributed by atoms with van der Waals surface area (Å²) in [5.74, 6) is 0. The van der Waals surface area contributed by atoms with Gasteiger partial charge in [0, 0.05) is 27.8 Å². The van der Waals surface area contributed by atoms with E-state index in [1.807, 2.05) is 12.1 Å². The van der Waals surface area contributed by atoms with Gasteiger partial charge in [0.05, 0.1) is 5.41 Å². The molecule has 0 spiro atoms. The van der Waals surface area contributed by atoms with Gasteiger partial charge in [0.25, 0.3) is 0 Å². The van der Waals surface area contributed by atoms with Crippen LogP contribution in [0, 0.1) is 0 Å². The second kappa shape index (κ2) is 18.4. The number of benzene rings is 12. The van der Waals surface area contributed by atoms with E-state index in [4.69, 9.17) is 4.42 Å². The lowest BCUT2D eigenvalue weighted by Crippen LogP contribution is -2.28. The molecule has 2 heteroatoms. The Morgan fingerprint density at radius 3 is 1.35 bits per heavy atom. The summed E-state index contributed by atoms with van der Waals surface area (Å²) in [6.45, 7) is 0. The first-order valence-electron chi connectivity index (χ1n) is 25.8. The van der Waals surface area contributed by atoms with Gasteiger partial charge in [-0.2, -0.15) is 0 Å². The van der Waals surface area contributed by atoms with E-state index >= 15 is 0 Å². The molecule has 14 rings (SSSR count). The van der Waals surface area contributed by atoms with Crippen LogP contribution in [0.4, 0.5) is 17.1 Å². The van der Waals surface area contributed by atoms with Crippen LogP contribution in [-0.4, -0.2) is 0 Å². The zero-order chi connectivity index (χ0) is 49.7. The van der Waals surface area contributed by atoms with Crippen LogP contribution in [-0.2, 0) is 5.41 Å². The van der Waals surface area contributed by atoms with E-state index in [0.29, 0.717) is 0 Å². The Morgan fingerprint density at radius 1 is 0.253 bits per heavy atom. The van der Waals surface area contributed by atoms with Crippen molar-refractivity contribution >= 4 is 39.0 Å². The summed E-state index contributed by atoms with van der Waals surface area (Å²) in [7, 11) is 0. The van der Waals surface area contributed by atoms with Crippen LogP contribution in [0.15, 0.2) is 302 Å². The number of rotatable bonds is 10. The van der Waals surface area contributed by atoms with E-state index in [1.54, 1.807) is 0 Å². The molecule has 0 unspecified atom stereocenters. The fourth-order valence-corrected chi connectivity index (χ4v) is 11.9. The first kappa shape index (κ1) is 44.0. The molecule has 0 bridgehead atoms. The maximum absolute atomic E-state index is 6.19. The molecule has 0 amide bonds. The van der Waals surface area contributed by atoms with Crippen molar-refractivity contribution in [2.75, 3.05) is 4.90 Å². The summed E-state index contributed by atoms with van der Waals surface area (Å²) in [4.78, 5) is 2.38. The van der Waals surface area contributed by atoms with E-state index in [9.17, 15) is 0 Å². The zero-order valence-corrected chi connectivity index (χ0v) is 41.1. The molecule has 1 aliphatic rings. The van der Waals surface area contributed by atoms with Crippen LogP contribution < -0.4 is 4.90 Å². The highest BCUT2D eigenvalue weighted by molar-refractivity contribution is 6.06. The lowest BCUT2D eigenvalue weighted by atomic mass is 9.67. The minimum Gasteiger partial charge on any atom is -0.456 e. The van der Waals surface area contributed by atoms with Crippen LogP contribution in [0.5, 0.6) is 0 Å². The molecule has 0 saturated heterocycles. The monoisotopic (exact) mass is 955 g/mol. The van der Waals surface area contributed by atoms with Gasteiger partial charge in [-0.15, -0.1) is 0 Å². The topological polar surface area (TPSA) is 16.4 Å². The van der Waals surface area contributed by atoms with Gasteiger partial charge in [0.2, 0.25) is 0 Å². The molecule has 0 aliphatic heterocycles. The highest BCUT2D eigenvalue weighted by Gasteiger charge is 2.46. The van der Waals surface area contributed by atoms with E-state index in [-0.39, 0.29) is 0 Å². The Kier molecular flexibility index (Phi) is 10.8. The molecule has 352 valence electrons. The molecular weight excluding hydrogens is 907 g/mol. The van der Waals surface area contributed by atoms with Crippen molar-refractivity contribution in [3.05, 3.63) is 320 Å². The highest BCUT2D eigenvalue weighted by atomic mass is 16.3. The van der Waals surface area contributed by atoms with Crippen LogP contribution in [0.2, 0.25) is 0 Å². The quantitative estimate of drug-likeness (QED) is 0.136. The maximum Gasteiger partial charge on any atom is 0.135 e. The number of hydrogen-bond donors (Lipinski definition) is 0. The summed E-state index contributed by atoms with van der Waals surface area (Å²) in [5, 5.41) is 2.25. The smallest absolute Gasteiger partial charge is 0.135 e. The van der Waals surface area contributed by atoms with Crippen molar-refractivity contribution in [1.29, 1.82) is 0 Å². The van der Waals surface area contributed by atoms with Gasteiger partial charge >= 0.3 is 0 Å². The Balaban J connectivity index is 0.878. The van der Waals surface area contributed by atoms with Gasteiger partial charge in [-0.05, 0) is 150 Å². The highest BCUT2D eigenvalue weighted by Crippen LogP contribution is 2.58. The summed E-state index contributed by atoms with van der Waals surface area (Å²) >= 11 is 0. The van der Waals surface area contributed by atoms with E-state index < -0.39 is 5.41 Å². The third-order valence-corrected chi connectivity index (χ3v) is 15.4. The molecule has 1 aromatic heterocycles. The van der Waals surface area contributed by atoms with Crippen molar-refractivity contribution < 1.29 is 4.42 Å². The Labute approximate surface area is 437 Å². The van der Waals surface area contributed by atoms with E-state index in [1.165, 1.54) is 72.3 Å². The van der Waals surface area contributed by atoms with Gasteiger partial charge in [-0.1, -0.05) is 237 Å². The molecule has 0 radical (unpaired) electrons. The Morgan fingerprint density at radius 2 is 0.693 bits per heavy atom. The summed E-state index contributed by atoms with van der Waals surface area (Å²) in [5.41, 5.74) is 24.0. The molecule has 75 heavy (non-hydrogen) atoms. The number of anilines is 3. The lowest BCUT2D eigenvalue weighted by Gasteiger charge is -2.34. The molecule has 13 aromatic rings. The normalized spacial score (nSPS) is 12.4. The molecule has 0 N–H and O–H groups in total. The van der Waals surface area contributed by atoms with Crippen LogP contribution >= 0.6 is 0 Å². The number of furan rings is 1. The number of nitrogens with zero attached hydrogens (tertiary/aromatic N) is 1. The van der Waals surface area contributed by atoms with Gasteiger partial charge in [-0.25, -0.2) is 0 Å². The molecule has 12 aromatic carbocycles. The molecule has 0 fully saturated rings. The van der Waals surface area contributed by atoms with Crippen LogP contribution in [0.1, 0.15) is 22.3 Å². The molecule has 0 saturated carbocycles. The van der Waals surface area contributed by atoms with Crippen molar-refractivity contribution in [2.24, 2.45) is 0 Å². The summed E-state index contributed by atoms with van der Waals surface area (Å²) in [6, 6.07) is 108. The third-order valence-electron chi connectivity index (χ3n) is 15.4. The summed E-state index contributed by atoms with van der Waals surface area (Å²) in [6.07, 6.45) is 0. The number of hydrogen-bond acceptors (Lipinski definition) is 2. The molecular formula is C73H49NO. The molecule has 1 aliphatic carbocycles. The van der Waals surface area contributed by atoms with Crippen molar-refractivity contribution in [2.45, 2.75) is 5.41 Å². The second-order valence-corrected chi connectivity index (χ2v) is 19.5. The van der Waals surface area contributed by atoms with Crippen LogP contribution in [0.3, 0.4) is 0 Å². The van der Waals surface area contributed by atoms with Crippen LogP contribution in [0.25, 0.3) is 88.7 Å². The largest absolute Gasteiger partial charge is 0.456 e. The molecule has 1 heterocycles. The van der Waals surface area contributed by atoms with Gasteiger partial charge in [0.1, 0.15) is 11.2 Å². The van der Waals surface area contributed by atoms with Crippen molar-refractivity contribution in [1.82, 2.24) is 0 Å². The molecule has 2 nitrogen and oxygen atoms in total. The molecule has 0 atom stereocenters. The minimum absolute atomic E-state index is 0.469. The predicted octanol–water partition coefficient (Wildman–Crippen LogP) is 19.8. The first-order valence-corrected chi connectivity index (χ1v) is 25.8. The Bertz CT molecular complexity index is 4140. The van der Waals surface area contributed by atoms with Gasteiger partial charge < -0.3 is 9.32 Å². The zero-order valence-electron chi connectivity index (χ0n) is 41.1. The van der Waals surface area contributed by atoms with Gasteiger partial charge in [0.15, 0.2) is 0 Å². The fraction of sp³-hybridized carbons (Fsp3) is 0.0137. The maximum atomic E-state index is 6.19. The number of para-hydroxylation sites is 1. The average molecular weight is 956 g/mol. The first-order chi connectivity index (χ1) is 37.2. The van der Waals surface area contributed by atoms with E-state index in [0.717, 1.165) is 55.7 Å². The fourth-order valence-electron chi connectivity index (χ4n) is 11.9. The minimum atomic E-state index is -0.469. The van der Waals surface area contributed by atoms with Crippen molar-refractivity contribution in [3.63, 3.8) is 0 Å². The SMILES string of the molecule is c1ccc(-c2ccc(-c3ccc(N(c4ccc(-c5ccc6oc7ccccc7c6c5)cc4)c4ccc(-c5cccc6c5-c5ccccc5C6(c5ccccc5)c5ccccc5)cc4)cc3)c(-c3ccccc3)c2)cc1. The standard InChI is InChI=1S/C73H49NO/c1-5-18-50(19-6-1)55-38-46-62(66(48-55)52-20-7-2-8-21-52)53-34-42-60(43-35-53)74(59-40-32-51(33-41-59)56-39-47-71-67(49-56)64-26-14-16-31-70(64)75-71)61-44-36-54(37-45-61)63-28-17-30-69-72(63)65-27-13-15-29-68(65)73(69,57-22-9-3-10-23-57)58-24-11-4-12-25-58/h1-49H. The third kappa shape index (κ3) is 7.49. The average Bonchev–Trinajstić information content (AvgIpc) is 4.02. The lowest BCUT2D eigenvalue weighted by molar-refractivity contribution is 0.669. The second-order valence-electron chi connectivity index (χ2n) is 19.5. The van der Waals surface area contributed by atoms with Gasteiger partial charge in [-0.3, -0.25) is 0 Å². The van der Waals surface area contributed by atoms with E-state index in [2.05, 4.69) is 290 Å². The summed E-state index contributed by atoms with van der Waals surface area (Å²) < 4.78 is 6.19. The number of fused-ring (bicyclic) bond motifs is 6. The Hall–Kier alpha value is -9.76.